The smallest absolute Gasteiger partial charge is 0.218 e. The van der Waals surface area contributed by atoms with Crippen LogP contribution in [0.2, 0.25) is 5.02 Å². The molecule has 0 N–H and O–H groups in total. The minimum atomic E-state index is -3.30. The fourth-order valence-electron chi connectivity index (χ4n) is 2.74. The van der Waals surface area contributed by atoms with Crippen LogP contribution in [-0.2, 0) is 15.8 Å². The molecule has 0 spiro atoms. The van der Waals surface area contributed by atoms with E-state index in [4.69, 9.17) is 11.6 Å². The zero-order chi connectivity index (χ0) is 16.4. The molecule has 124 valence electrons. The van der Waals surface area contributed by atoms with Gasteiger partial charge in [-0.15, -0.1) is 0 Å². The highest BCUT2D eigenvalue weighted by Crippen LogP contribution is 2.21. The average molecular weight is 345 g/mol. The van der Waals surface area contributed by atoms with Gasteiger partial charge in [0.05, 0.1) is 5.75 Å². The summed E-state index contributed by atoms with van der Waals surface area (Å²) >= 11 is 6.07. The largest absolute Gasteiger partial charge is 0.300 e. The lowest BCUT2D eigenvalue weighted by atomic mass is 9.96. The summed E-state index contributed by atoms with van der Waals surface area (Å²) in [4.78, 5) is 2.33. The maximum Gasteiger partial charge on any atom is 0.218 e. The molecule has 1 heterocycles. The number of hydrogen-bond donors (Lipinski definition) is 0. The molecule has 1 fully saturated rings. The Morgan fingerprint density at radius 2 is 1.68 bits per heavy atom. The van der Waals surface area contributed by atoms with Crippen LogP contribution in [0.1, 0.15) is 26.3 Å². The van der Waals surface area contributed by atoms with Gasteiger partial charge in [0, 0.05) is 37.7 Å². The molecule has 1 aliphatic heterocycles. The van der Waals surface area contributed by atoms with Crippen molar-refractivity contribution in [1.82, 2.24) is 9.21 Å². The minimum absolute atomic E-state index is 0.0219. The van der Waals surface area contributed by atoms with Crippen molar-refractivity contribution < 1.29 is 8.42 Å². The molecule has 1 aromatic rings. The van der Waals surface area contributed by atoms with Crippen LogP contribution in [-0.4, -0.2) is 50.3 Å². The van der Waals surface area contributed by atoms with Gasteiger partial charge in [-0.3, -0.25) is 0 Å². The van der Waals surface area contributed by atoms with Gasteiger partial charge in [0.15, 0.2) is 0 Å². The number of benzene rings is 1. The van der Waals surface area contributed by atoms with E-state index < -0.39 is 10.0 Å². The molecule has 2 rings (SSSR count). The Kier molecular flexibility index (Phi) is 5.54. The molecular formula is C16H25ClN2O2S. The van der Waals surface area contributed by atoms with Crippen molar-refractivity contribution in [2.45, 2.75) is 26.5 Å². The van der Waals surface area contributed by atoms with Gasteiger partial charge < -0.3 is 4.90 Å². The summed E-state index contributed by atoms with van der Waals surface area (Å²) in [5.41, 5.74) is 0.903. The van der Waals surface area contributed by atoms with E-state index >= 15 is 0 Å². The number of halogens is 1. The molecule has 0 unspecified atom stereocenters. The van der Waals surface area contributed by atoms with Crippen molar-refractivity contribution in [2.24, 2.45) is 5.41 Å². The van der Waals surface area contributed by atoms with Crippen LogP contribution in [0.3, 0.4) is 0 Å². The Morgan fingerprint density at radius 3 is 2.23 bits per heavy atom. The normalized spacial score (nSPS) is 18.5. The zero-order valence-corrected chi connectivity index (χ0v) is 15.1. The second-order valence-corrected chi connectivity index (χ2v) is 9.46. The van der Waals surface area contributed by atoms with Gasteiger partial charge in [0.25, 0.3) is 0 Å². The van der Waals surface area contributed by atoms with E-state index in [9.17, 15) is 8.42 Å². The number of rotatable bonds is 4. The predicted molar refractivity (Wildman–Crippen MR) is 91.5 cm³/mol. The maximum atomic E-state index is 12.5. The molecule has 0 aliphatic carbocycles. The lowest BCUT2D eigenvalue weighted by molar-refractivity contribution is 0.141. The van der Waals surface area contributed by atoms with E-state index in [0.717, 1.165) is 19.6 Å². The lowest BCUT2D eigenvalue weighted by Crippen LogP contribution is -2.50. The molecule has 1 saturated heterocycles. The van der Waals surface area contributed by atoms with E-state index in [1.165, 1.54) is 0 Å². The van der Waals surface area contributed by atoms with Gasteiger partial charge in [-0.25, -0.2) is 8.42 Å². The monoisotopic (exact) mass is 344 g/mol. The van der Waals surface area contributed by atoms with E-state index in [-0.39, 0.29) is 11.2 Å². The van der Waals surface area contributed by atoms with Crippen LogP contribution in [0.15, 0.2) is 24.3 Å². The summed E-state index contributed by atoms with van der Waals surface area (Å²) in [6, 6.07) is 7.13. The second-order valence-electron chi connectivity index (χ2n) is 7.08. The Hall–Kier alpha value is -0.620. The van der Waals surface area contributed by atoms with Crippen LogP contribution in [0.4, 0.5) is 0 Å². The van der Waals surface area contributed by atoms with E-state index in [1.807, 2.05) is 12.1 Å². The molecular weight excluding hydrogens is 320 g/mol. The lowest BCUT2D eigenvalue weighted by Gasteiger charge is -2.37. The highest BCUT2D eigenvalue weighted by Gasteiger charge is 2.28. The molecule has 0 bridgehead atoms. The van der Waals surface area contributed by atoms with E-state index in [0.29, 0.717) is 23.7 Å². The highest BCUT2D eigenvalue weighted by molar-refractivity contribution is 7.88. The summed E-state index contributed by atoms with van der Waals surface area (Å²) in [5, 5.41) is 0.512. The molecule has 1 aromatic carbocycles. The Balaban J connectivity index is 1.97. The number of hydrogen-bond acceptors (Lipinski definition) is 3. The average Bonchev–Trinajstić information content (AvgIpc) is 2.40. The van der Waals surface area contributed by atoms with Crippen LogP contribution >= 0.6 is 11.6 Å². The molecule has 0 atom stereocenters. The third kappa shape index (κ3) is 4.95. The first kappa shape index (κ1) is 17.7. The molecule has 0 saturated carbocycles. The topological polar surface area (TPSA) is 40.6 Å². The fraction of sp³-hybridized carbons (Fsp3) is 0.625. The molecule has 0 aromatic heterocycles. The van der Waals surface area contributed by atoms with Gasteiger partial charge >= 0.3 is 0 Å². The van der Waals surface area contributed by atoms with Crippen molar-refractivity contribution in [3.63, 3.8) is 0 Å². The fourth-order valence-corrected chi connectivity index (χ4v) is 4.57. The number of piperazine rings is 1. The van der Waals surface area contributed by atoms with Crippen LogP contribution in [0, 0.1) is 5.41 Å². The van der Waals surface area contributed by atoms with Gasteiger partial charge in [-0.2, -0.15) is 4.31 Å². The molecule has 0 amide bonds. The Morgan fingerprint density at radius 1 is 1.09 bits per heavy atom. The highest BCUT2D eigenvalue weighted by atomic mass is 35.5. The summed E-state index contributed by atoms with van der Waals surface area (Å²) in [5.74, 6) is -0.0219. The molecule has 6 heteroatoms. The quantitative estimate of drug-likeness (QED) is 0.843. The van der Waals surface area contributed by atoms with Crippen molar-refractivity contribution in [3.8, 4) is 0 Å². The Labute approximate surface area is 139 Å². The van der Waals surface area contributed by atoms with Crippen LogP contribution < -0.4 is 0 Å². The second kappa shape index (κ2) is 6.87. The van der Waals surface area contributed by atoms with E-state index in [2.05, 4.69) is 25.7 Å². The van der Waals surface area contributed by atoms with Crippen LogP contribution in [0.5, 0.6) is 0 Å². The molecule has 0 radical (unpaired) electrons. The third-order valence-electron chi connectivity index (χ3n) is 3.72. The standard InChI is InChI=1S/C16H25ClN2O2S/c1-16(2,3)13-18-8-10-19(11-9-18)22(20,21)12-14-6-4-5-7-15(14)17/h4-7H,8-13H2,1-3H3. The number of sulfonamides is 1. The molecule has 1 aliphatic rings. The van der Waals surface area contributed by atoms with Gasteiger partial charge in [0.2, 0.25) is 10.0 Å². The van der Waals surface area contributed by atoms with Crippen molar-refractivity contribution in [3.05, 3.63) is 34.9 Å². The predicted octanol–water partition coefficient (Wildman–Crippen LogP) is 2.83. The van der Waals surface area contributed by atoms with Crippen molar-refractivity contribution in [2.75, 3.05) is 32.7 Å². The van der Waals surface area contributed by atoms with Crippen molar-refractivity contribution in [1.29, 1.82) is 0 Å². The zero-order valence-electron chi connectivity index (χ0n) is 13.5. The minimum Gasteiger partial charge on any atom is -0.300 e. The first-order valence-electron chi connectivity index (χ1n) is 7.61. The summed E-state index contributed by atoms with van der Waals surface area (Å²) < 4.78 is 26.7. The number of nitrogens with zero attached hydrogens (tertiary/aromatic N) is 2. The first-order valence-corrected chi connectivity index (χ1v) is 9.60. The Bertz CT molecular complexity index is 603. The van der Waals surface area contributed by atoms with E-state index in [1.54, 1.807) is 16.4 Å². The SMILES string of the molecule is CC(C)(C)CN1CCN(S(=O)(=O)Cc2ccccc2Cl)CC1. The molecule has 4 nitrogen and oxygen atoms in total. The first-order chi connectivity index (χ1) is 10.2. The summed E-state index contributed by atoms with van der Waals surface area (Å²) in [6.07, 6.45) is 0. The summed E-state index contributed by atoms with van der Waals surface area (Å²) in [6.45, 7) is 10.3. The summed E-state index contributed by atoms with van der Waals surface area (Å²) in [7, 11) is -3.30. The van der Waals surface area contributed by atoms with Crippen molar-refractivity contribution >= 4 is 21.6 Å². The van der Waals surface area contributed by atoms with Gasteiger partial charge in [0.1, 0.15) is 0 Å². The maximum absolute atomic E-state index is 12.5. The van der Waals surface area contributed by atoms with Gasteiger partial charge in [-0.05, 0) is 17.0 Å². The van der Waals surface area contributed by atoms with Gasteiger partial charge in [-0.1, -0.05) is 50.6 Å². The third-order valence-corrected chi connectivity index (χ3v) is 5.91. The van der Waals surface area contributed by atoms with Crippen LogP contribution in [0.25, 0.3) is 0 Å². The molecule has 22 heavy (non-hydrogen) atoms.